The molecule has 0 fully saturated rings. The normalized spacial score (nSPS) is 10.0. The van der Waals surface area contributed by atoms with E-state index in [0.717, 1.165) is 0 Å². The molecule has 0 aromatic heterocycles. The minimum Gasteiger partial charge on any atom is -0.193 e. The Balaban J connectivity index is 3.23. The van der Waals surface area contributed by atoms with Gasteiger partial charge in [0, 0.05) is 0 Å². The summed E-state index contributed by atoms with van der Waals surface area (Å²) in [6.45, 7) is 0. The Hall–Kier alpha value is -0.450. The zero-order valence-corrected chi connectivity index (χ0v) is 4.81. The lowest BCUT2D eigenvalue weighted by molar-refractivity contribution is 0.417. The van der Waals surface area contributed by atoms with Crippen molar-refractivity contribution >= 4 is 8.03 Å². The highest BCUT2D eigenvalue weighted by Crippen LogP contribution is 2.17. The quantitative estimate of drug-likeness (QED) is 0.506. The number of rotatable bonds is 2. The number of hydrogen-bond acceptors (Lipinski definition) is 3. The first kappa shape index (κ1) is 6.55. The minimum atomic E-state index is -1.69. The van der Waals surface area contributed by atoms with Gasteiger partial charge in [-0.05, 0) is 4.57 Å². The van der Waals surface area contributed by atoms with E-state index < -0.39 is 8.03 Å². The second-order valence-corrected chi connectivity index (χ2v) is 2.18. The van der Waals surface area contributed by atoms with E-state index in [9.17, 15) is 4.57 Å². The Bertz CT molecular complexity index is 106. The standard InChI is InChI=1S/C3H5NO2P/c1-6-7(5)3-2-4/h3H2,1H3/q+1. The second-order valence-electron chi connectivity index (χ2n) is 0.832. The van der Waals surface area contributed by atoms with Crippen LogP contribution in [-0.4, -0.2) is 13.3 Å². The second kappa shape index (κ2) is 3.73. The number of nitrogens with zero attached hydrogens (tertiary/aromatic N) is 1. The van der Waals surface area contributed by atoms with Crippen LogP contribution < -0.4 is 0 Å². The molecule has 0 rings (SSSR count). The molecule has 0 aliphatic heterocycles. The lowest BCUT2D eigenvalue weighted by Crippen LogP contribution is -1.70. The fraction of sp³-hybridized carbons (Fsp3) is 0.667. The maximum absolute atomic E-state index is 10.1. The van der Waals surface area contributed by atoms with Crippen LogP contribution in [0.25, 0.3) is 0 Å². The highest BCUT2D eigenvalue weighted by molar-refractivity contribution is 7.39. The van der Waals surface area contributed by atoms with Gasteiger partial charge in [0.15, 0.2) is 0 Å². The van der Waals surface area contributed by atoms with Crippen molar-refractivity contribution in [2.24, 2.45) is 0 Å². The van der Waals surface area contributed by atoms with Gasteiger partial charge in [0.05, 0.1) is 7.11 Å². The molecule has 38 valence electrons. The molecule has 0 bridgehead atoms. The molecule has 3 nitrogen and oxygen atoms in total. The van der Waals surface area contributed by atoms with E-state index in [-0.39, 0.29) is 6.16 Å². The molecule has 4 heteroatoms. The molecule has 0 aromatic rings. The van der Waals surface area contributed by atoms with E-state index in [2.05, 4.69) is 4.52 Å². The molecule has 1 atom stereocenters. The molecule has 0 radical (unpaired) electrons. The third-order valence-corrected chi connectivity index (χ3v) is 1.21. The van der Waals surface area contributed by atoms with Gasteiger partial charge >= 0.3 is 8.03 Å². The van der Waals surface area contributed by atoms with Gasteiger partial charge in [-0.3, -0.25) is 0 Å². The van der Waals surface area contributed by atoms with E-state index in [4.69, 9.17) is 5.26 Å². The van der Waals surface area contributed by atoms with E-state index in [0.29, 0.717) is 0 Å². The first-order valence-corrected chi connectivity index (χ1v) is 3.03. The molecule has 7 heavy (non-hydrogen) atoms. The van der Waals surface area contributed by atoms with Crippen molar-refractivity contribution in [1.29, 1.82) is 5.26 Å². The van der Waals surface area contributed by atoms with Crippen LogP contribution in [0.2, 0.25) is 0 Å². The van der Waals surface area contributed by atoms with Crippen molar-refractivity contribution in [1.82, 2.24) is 0 Å². The van der Waals surface area contributed by atoms with E-state index >= 15 is 0 Å². The lowest BCUT2D eigenvalue weighted by Gasteiger charge is -1.65. The van der Waals surface area contributed by atoms with Crippen molar-refractivity contribution < 1.29 is 9.09 Å². The van der Waals surface area contributed by atoms with Gasteiger partial charge in [0.1, 0.15) is 6.07 Å². The summed E-state index contributed by atoms with van der Waals surface area (Å²) in [4.78, 5) is 0. The maximum Gasteiger partial charge on any atom is 0.523 e. The van der Waals surface area contributed by atoms with Crippen LogP contribution in [0.3, 0.4) is 0 Å². The van der Waals surface area contributed by atoms with Crippen molar-refractivity contribution in [3.8, 4) is 6.07 Å². The summed E-state index contributed by atoms with van der Waals surface area (Å²) in [5, 5.41) is 7.85. The third kappa shape index (κ3) is 3.38. The van der Waals surface area contributed by atoms with E-state index in [1.807, 2.05) is 0 Å². The van der Waals surface area contributed by atoms with Crippen molar-refractivity contribution in [3.63, 3.8) is 0 Å². The van der Waals surface area contributed by atoms with Gasteiger partial charge < -0.3 is 0 Å². The van der Waals surface area contributed by atoms with Crippen LogP contribution in [0.1, 0.15) is 0 Å². The largest absolute Gasteiger partial charge is 0.523 e. The number of nitriles is 1. The zero-order valence-electron chi connectivity index (χ0n) is 3.92. The van der Waals surface area contributed by atoms with Crippen LogP contribution in [0.5, 0.6) is 0 Å². The third-order valence-electron chi connectivity index (χ3n) is 0.403. The van der Waals surface area contributed by atoms with Gasteiger partial charge in [-0.1, -0.05) is 0 Å². The zero-order chi connectivity index (χ0) is 5.70. The monoisotopic (exact) mass is 118 g/mol. The fourth-order valence-electron chi connectivity index (χ4n) is 0.122. The van der Waals surface area contributed by atoms with Gasteiger partial charge in [0.2, 0.25) is 0 Å². The summed E-state index contributed by atoms with van der Waals surface area (Å²) < 4.78 is 14.4. The van der Waals surface area contributed by atoms with Gasteiger partial charge in [0.25, 0.3) is 6.16 Å². The first-order valence-electron chi connectivity index (χ1n) is 1.67. The topological polar surface area (TPSA) is 50.1 Å². The smallest absolute Gasteiger partial charge is 0.193 e. The molecule has 1 unspecified atom stereocenters. The molecule has 0 aromatic carbocycles. The van der Waals surface area contributed by atoms with Gasteiger partial charge in [-0.15, -0.1) is 4.52 Å². The summed E-state index contributed by atoms with van der Waals surface area (Å²) in [7, 11) is -0.374. The molecule has 0 aliphatic rings. The van der Waals surface area contributed by atoms with Crippen LogP contribution >= 0.6 is 8.03 Å². The highest BCUT2D eigenvalue weighted by Gasteiger charge is 2.10. The molecular formula is C3H5NO2P+. The average Bonchev–Trinajstić information content (AvgIpc) is 1.68. The molecule has 0 spiro atoms. The predicted molar refractivity (Wildman–Crippen MR) is 25.1 cm³/mol. The summed E-state index contributed by atoms with van der Waals surface area (Å²) in [5.74, 6) is 0. The van der Waals surface area contributed by atoms with Crippen LogP contribution in [0.15, 0.2) is 0 Å². The highest BCUT2D eigenvalue weighted by atomic mass is 31.1. The van der Waals surface area contributed by atoms with Crippen molar-refractivity contribution in [2.75, 3.05) is 13.3 Å². The van der Waals surface area contributed by atoms with Gasteiger partial charge in [-0.2, -0.15) is 5.26 Å². The van der Waals surface area contributed by atoms with Crippen molar-refractivity contribution in [2.45, 2.75) is 0 Å². The van der Waals surface area contributed by atoms with Crippen LogP contribution in [-0.2, 0) is 9.09 Å². The van der Waals surface area contributed by atoms with Crippen LogP contribution in [0.4, 0.5) is 0 Å². The first-order chi connectivity index (χ1) is 3.31. The Morgan fingerprint density at radius 3 is 2.71 bits per heavy atom. The SMILES string of the molecule is CO[P+](=O)CC#N. The van der Waals surface area contributed by atoms with Gasteiger partial charge in [-0.25, -0.2) is 0 Å². The van der Waals surface area contributed by atoms with Crippen LogP contribution in [0, 0.1) is 11.3 Å². The summed E-state index contributed by atoms with van der Waals surface area (Å²) in [6.07, 6.45) is -0.00810. The summed E-state index contributed by atoms with van der Waals surface area (Å²) in [6, 6.07) is 1.71. The molecule has 0 saturated carbocycles. The fourth-order valence-corrected chi connectivity index (χ4v) is 0.367. The predicted octanol–water partition coefficient (Wildman–Crippen LogP) is 0.899. The average molecular weight is 118 g/mol. The molecular weight excluding hydrogens is 113 g/mol. The molecule has 0 N–H and O–H groups in total. The van der Waals surface area contributed by atoms with E-state index in [1.165, 1.54) is 7.11 Å². The van der Waals surface area contributed by atoms with E-state index in [1.54, 1.807) is 6.07 Å². The summed E-state index contributed by atoms with van der Waals surface area (Å²) >= 11 is 0. The Morgan fingerprint density at radius 2 is 2.57 bits per heavy atom. The molecule has 0 aliphatic carbocycles. The molecule has 0 saturated heterocycles. The Labute approximate surface area is 42.8 Å². The van der Waals surface area contributed by atoms with Crippen molar-refractivity contribution in [3.05, 3.63) is 0 Å². The lowest BCUT2D eigenvalue weighted by atomic mass is 10.9. The number of hydrogen-bond donors (Lipinski definition) is 0. The molecule has 0 amide bonds. The summed E-state index contributed by atoms with van der Waals surface area (Å²) in [5.41, 5.74) is 0. The Morgan fingerprint density at radius 1 is 2.00 bits per heavy atom. The maximum atomic E-state index is 10.1. The minimum absolute atomic E-state index is 0.00810. The Kier molecular flexibility index (Phi) is 3.49. The molecule has 0 heterocycles.